The Kier molecular flexibility index (Phi) is 5.26. The van der Waals surface area contributed by atoms with Crippen LogP contribution < -0.4 is 5.32 Å². The lowest BCUT2D eigenvalue weighted by atomic mass is 10.2. The van der Waals surface area contributed by atoms with Gasteiger partial charge in [-0.15, -0.1) is 0 Å². The van der Waals surface area contributed by atoms with Crippen molar-refractivity contribution in [3.05, 3.63) is 23.7 Å². The first-order valence-corrected chi connectivity index (χ1v) is 7.13. The lowest BCUT2D eigenvalue weighted by Crippen LogP contribution is -2.19. The van der Waals surface area contributed by atoms with Crippen LogP contribution in [0, 0.1) is 5.92 Å². The van der Waals surface area contributed by atoms with E-state index in [-0.39, 0.29) is 0 Å². The van der Waals surface area contributed by atoms with Crippen LogP contribution in [0.15, 0.2) is 16.7 Å². The predicted molar refractivity (Wildman–Crippen MR) is 72.3 cm³/mol. The van der Waals surface area contributed by atoms with E-state index in [9.17, 15) is 0 Å². The van der Waals surface area contributed by atoms with Gasteiger partial charge in [-0.1, -0.05) is 26.7 Å². The number of rotatable bonds is 7. The van der Waals surface area contributed by atoms with Crippen molar-refractivity contribution >= 4 is 0 Å². The summed E-state index contributed by atoms with van der Waals surface area (Å²) in [7, 11) is 0. The molecule has 0 aliphatic heterocycles. The Labute approximate surface area is 110 Å². The summed E-state index contributed by atoms with van der Waals surface area (Å²) in [5.41, 5.74) is 1.23. The molecule has 0 unspecified atom stereocenters. The minimum atomic E-state index is 0.451. The average molecular weight is 251 g/mol. The minimum Gasteiger partial charge on any atom is -0.467 e. The fraction of sp³-hybridized carbons (Fsp3) is 0.733. The van der Waals surface area contributed by atoms with Gasteiger partial charge in [-0.05, 0) is 31.4 Å². The van der Waals surface area contributed by atoms with E-state index in [1.54, 1.807) is 6.26 Å². The summed E-state index contributed by atoms with van der Waals surface area (Å²) in [4.78, 5) is 0. The lowest BCUT2D eigenvalue weighted by Gasteiger charge is -2.11. The summed E-state index contributed by atoms with van der Waals surface area (Å²) in [6.45, 7) is 6.96. The summed E-state index contributed by atoms with van der Waals surface area (Å²) in [5, 5.41) is 3.44. The molecule has 3 heteroatoms. The van der Waals surface area contributed by atoms with Gasteiger partial charge in [0.05, 0.1) is 12.4 Å². The van der Waals surface area contributed by atoms with Crippen LogP contribution in [0.2, 0.25) is 0 Å². The fourth-order valence-corrected chi connectivity index (χ4v) is 2.40. The van der Waals surface area contributed by atoms with E-state index >= 15 is 0 Å². The van der Waals surface area contributed by atoms with Crippen molar-refractivity contribution in [1.82, 2.24) is 5.32 Å². The third kappa shape index (κ3) is 4.14. The van der Waals surface area contributed by atoms with Crippen molar-refractivity contribution in [2.45, 2.75) is 58.8 Å². The molecule has 1 fully saturated rings. The summed E-state index contributed by atoms with van der Waals surface area (Å²) in [5.74, 6) is 1.66. The Bertz CT molecular complexity index is 340. The van der Waals surface area contributed by atoms with Crippen LogP contribution in [-0.2, 0) is 17.9 Å². The van der Waals surface area contributed by atoms with E-state index in [0.717, 1.165) is 18.8 Å². The molecule has 3 nitrogen and oxygen atoms in total. The first-order chi connectivity index (χ1) is 8.75. The molecule has 1 N–H and O–H groups in total. The summed E-state index contributed by atoms with van der Waals surface area (Å²) in [6, 6.07) is 2.04. The predicted octanol–water partition coefficient (Wildman–Crippen LogP) is 3.48. The van der Waals surface area contributed by atoms with Crippen LogP contribution in [0.5, 0.6) is 0 Å². The SMILES string of the molecule is CC(C)CNCc1ccoc1COC1CCCC1. The zero-order valence-electron chi connectivity index (χ0n) is 11.6. The number of hydrogen-bond donors (Lipinski definition) is 1. The quantitative estimate of drug-likeness (QED) is 0.805. The Morgan fingerprint density at radius 3 is 2.89 bits per heavy atom. The molecule has 1 aromatic heterocycles. The topological polar surface area (TPSA) is 34.4 Å². The monoisotopic (exact) mass is 251 g/mol. The standard InChI is InChI=1S/C15H25NO2/c1-12(2)9-16-10-13-7-8-17-15(13)11-18-14-5-3-4-6-14/h7-8,12,14,16H,3-6,9-11H2,1-2H3. The lowest BCUT2D eigenvalue weighted by molar-refractivity contribution is 0.0352. The third-order valence-corrected chi connectivity index (χ3v) is 3.46. The first-order valence-electron chi connectivity index (χ1n) is 7.13. The number of nitrogens with one attached hydrogen (secondary N) is 1. The molecule has 0 radical (unpaired) electrons. The van der Waals surface area contributed by atoms with Gasteiger partial charge in [0, 0.05) is 12.1 Å². The molecule has 0 spiro atoms. The van der Waals surface area contributed by atoms with Gasteiger partial charge in [-0.3, -0.25) is 0 Å². The molecule has 0 aromatic carbocycles. The Morgan fingerprint density at radius 2 is 2.17 bits per heavy atom. The fourth-order valence-electron chi connectivity index (χ4n) is 2.40. The first kappa shape index (κ1) is 13.6. The molecule has 0 amide bonds. The molecule has 1 aliphatic carbocycles. The molecule has 0 atom stereocenters. The van der Waals surface area contributed by atoms with Gasteiger partial charge in [0.15, 0.2) is 0 Å². The maximum atomic E-state index is 5.89. The van der Waals surface area contributed by atoms with Crippen LogP contribution in [0.4, 0.5) is 0 Å². The number of ether oxygens (including phenoxy) is 1. The van der Waals surface area contributed by atoms with Crippen molar-refractivity contribution < 1.29 is 9.15 Å². The van der Waals surface area contributed by atoms with Crippen molar-refractivity contribution in [2.24, 2.45) is 5.92 Å². The van der Waals surface area contributed by atoms with E-state index in [1.165, 1.54) is 31.2 Å². The highest BCUT2D eigenvalue weighted by atomic mass is 16.5. The molecule has 0 bridgehead atoms. The highest BCUT2D eigenvalue weighted by Gasteiger charge is 2.16. The van der Waals surface area contributed by atoms with Gasteiger partial charge in [0.25, 0.3) is 0 Å². The van der Waals surface area contributed by atoms with Gasteiger partial charge in [-0.2, -0.15) is 0 Å². The molecule has 2 rings (SSSR count). The van der Waals surface area contributed by atoms with Crippen LogP contribution in [0.3, 0.4) is 0 Å². The second-order valence-electron chi connectivity index (χ2n) is 5.61. The van der Waals surface area contributed by atoms with Gasteiger partial charge >= 0.3 is 0 Å². The Balaban J connectivity index is 1.75. The number of hydrogen-bond acceptors (Lipinski definition) is 3. The van der Waals surface area contributed by atoms with E-state index in [4.69, 9.17) is 9.15 Å². The van der Waals surface area contributed by atoms with Gasteiger partial charge in [-0.25, -0.2) is 0 Å². The highest BCUT2D eigenvalue weighted by Crippen LogP contribution is 2.23. The summed E-state index contributed by atoms with van der Waals surface area (Å²) >= 11 is 0. The van der Waals surface area contributed by atoms with Gasteiger partial charge in [0.2, 0.25) is 0 Å². The molecule has 18 heavy (non-hydrogen) atoms. The smallest absolute Gasteiger partial charge is 0.133 e. The van der Waals surface area contributed by atoms with Crippen LogP contribution in [0.1, 0.15) is 50.9 Å². The third-order valence-electron chi connectivity index (χ3n) is 3.46. The molecule has 1 aromatic rings. The van der Waals surface area contributed by atoms with Crippen LogP contribution in [-0.4, -0.2) is 12.6 Å². The zero-order valence-corrected chi connectivity index (χ0v) is 11.6. The normalized spacial score (nSPS) is 16.8. The second-order valence-corrected chi connectivity index (χ2v) is 5.61. The van der Waals surface area contributed by atoms with Gasteiger partial charge in [0.1, 0.15) is 12.4 Å². The molecule has 1 aliphatic rings. The molecule has 1 heterocycles. The van der Waals surface area contributed by atoms with Crippen molar-refractivity contribution in [2.75, 3.05) is 6.54 Å². The Hall–Kier alpha value is -0.800. The van der Waals surface area contributed by atoms with Crippen molar-refractivity contribution in [3.8, 4) is 0 Å². The maximum Gasteiger partial charge on any atom is 0.133 e. The second kappa shape index (κ2) is 6.95. The van der Waals surface area contributed by atoms with E-state index in [1.807, 2.05) is 6.07 Å². The molecular weight excluding hydrogens is 226 g/mol. The largest absolute Gasteiger partial charge is 0.467 e. The van der Waals surface area contributed by atoms with Gasteiger partial charge < -0.3 is 14.5 Å². The van der Waals surface area contributed by atoms with Crippen molar-refractivity contribution in [1.29, 1.82) is 0 Å². The number of furan rings is 1. The molecule has 102 valence electrons. The summed E-state index contributed by atoms with van der Waals surface area (Å²) < 4.78 is 11.4. The van der Waals surface area contributed by atoms with Crippen LogP contribution in [0.25, 0.3) is 0 Å². The van der Waals surface area contributed by atoms with Crippen molar-refractivity contribution in [3.63, 3.8) is 0 Å². The van der Waals surface area contributed by atoms with E-state index in [2.05, 4.69) is 19.2 Å². The maximum absolute atomic E-state index is 5.89. The summed E-state index contributed by atoms with van der Waals surface area (Å²) in [6.07, 6.45) is 7.26. The van der Waals surface area contributed by atoms with E-state index in [0.29, 0.717) is 18.6 Å². The van der Waals surface area contributed by atoms with Crippen LogP contribution >= 0.6 is 0 Å². The molecule has 1 saturated carbocycles. The zero-order chi connectivity index (χ0) is 12.8. The molecule has 0 saturated heterocycles. The molecular formula is C15H25NO2. The Morgan fingerprint density at radius 1 is 1.39 bits per heavy atom. The highest BCUT2D eigenvalue weighted by molar-refractivity contribution is 5.16. The average Bonchev–Trinajstić information content (AvgIpc) is 2.96. The minimum absolute atomic E-state index is 0.451. The van der Waals surface area contributed by atoms with E-state index < -0.39 is 0 Å².